The van der Waals surface area contributed by atoms with Gasteiger partial charge in [-0.25, -0.2) is 0 Å². The molecule has 1 saturated heterocycles. The molecular weight excluding hydrogens is 453 g/mol. The Morgan fingerprint density at radius 3 is 2.78 bits per heavy atom. The molecule has 1 aromatic carbocycles. The Morgan fingerprint density at radius 1 is 1.15 bits per heavy atom. The molecule has 1 aromatic heterocycles. The summed E-state index contributed by atoms with van der Waals surface area (Å²) in [5.41, 5.74) is 1.63. The third-order valence-electron chi connectivity index (χ3n) is 5.40. The minimum atomic E-state index is -0.0949. The molecular formula is C21H24IN3O2. The number of carbonyl (C=O) groups excluding carboxylic acids is 2. The fraction of sp³-hybridized carbons (Fsp3) is 0.429. The Morgan fingerprint density at radius 2 is 2.00 bits per heavy atom. The number of rotatable bonds is 5. The Bertz CT molecular complexity index is 843. The van der Waals surface area contributed by atoms with E-state index < -0.39 is 0 Å². The molecule has 6 heteroatoms. The van der Waals surface area contributed by atoms with Crippen molar-refractivity contribution in [1.29, 1.82) is 0 Å². The smallest absolute Gasteiger partial charge is 0.270 e. The minimum Gasteiger partial charge on any atom is -0.356 e. The maximum atomic E-state index is 13.2. The van der Waals surface area contributed by atoms with Crippen molar-refractivity contribution < 1.29 is 9.59 Å². The van der Waals surface area contributed by atoms with Crippen LogP contribution in [0.2, 0.25) is 0 Å². The van der Waals surface area contributed by atoms with Crippen LogP contribution in [0, 0.1) is 15.4 Å². The molecule has 1 N–H and O–H groups in total. The van der Waals surface area contributed by atoms with Crippen molar-refractivity contribution in [3.8, 4) is 5.69 Å². The number of nitrogens with one attached hydrogen (secondary N) is 1. The fourth-order valence-corrected chi connectivity index (χ4v) is 4.18. The van der Waals surface area contributed by atoms with Gasteiger partial charge in [-0.3, -0.25) is 9.59 Å². The number of nitrogens with zero attached hydrogens (tertiary/aromatic N) is 2. The summed E-state index contributed by atoms with van der Waals surface area (Å²) in [6.07, 6.45) is 6.10. The van der Waals surface area contributed by atoms with Crippen LogP contribution in [0.1, 0.15) is 36.2 Å². The quantitative estimate of drug-likeness (QED) is 0.671. The van der Waals surface area contributed by atoms with E-state index in [1.54, 1.807) is 0 Å². The van der Waals surface area contributed by atoms with Gasteiger partial charge in [-0.05, 0) is 84.5 Å². The summed E-state index contributed by atoms with van der Waals surface area (Å²) in [5.74, 6) is 0.681. The maximum absolute atomic E-state index is 13.2. The predicted molar refractivity (Wildman–Crippen MR) is 113 cm³/mol. The number of piperidine rings is 1. The first-order chi connectivity index (χ1) is 13.1. The lowest BCUT2D eigenvalue weighted by atomic mass is 9.96. The van der Waals surface area contributed by atoms with E-state index in [4.69, 9.17) is 0 Å². The van der Waals surface area contributed by atoms with Crippen LogP contribution in [0.5, 0.6) is 0 Å². The second-order valence-corrected chi connectivity index (χ2v) is 8.77. The maximum Gasteiger partial charge on any atom is 0.270 e. The Kier molecular flexibility index (Phi) is 5.52. The molecule has 5 nitrogen and oxygen atoms in total. The zero-order valence-corrected chi connectivity index (χ0v) is 17.4. The molecule has 142 valence electrons. The SMILES string of the molecule is O=C(NCC1CC1)C1CCCN(C(=O)c2cccn2-c2cccc(I)c2)C1. The van der Waals surface area contributed by atoms with Gasteiger partial charge in [0.05, 0.1) is 5.92 Å². The minimum absolute atomic E-state index is 0.00134. The molecule has 2 heterocycles. The highest BCUT2D eigenvalue weighted by Crippen LogP contribution is 2.28. The zero-order chi connectivity index (χ0) is 18.8. The Balaban J connectivity index is 1.46. The summed E-state index contributed by atoms with van der Waals surface area (Å²) in [6.45, 7) is 2.01. The monoisotopic (exact) mass is 477 g/mol. The first-order valence-electron chi connectivity index (χ1n) is 9.62. The van der Waals surface area contributed by atoms with Gasteiger partial charge < -0.3 is 14.8 Å². The Labute approximate surface area is 173 Å². The zero-order valence-electron chi connectivity index (χ0n) is 15.2. The van der Waals surface area contributed by atoms with Crippen LogP contribution in [0.15, 0.2) is 42.6 Å². The van der Waals surface area contributed by atoms with Gasteiger partial charge in [-0.15, -0.1) is 0 Å². The van der Waals surface area contributed by atoms with Gasteiger partial charge in [-0.2, -0.15) is 0 Å². The van der Waals surface area contributed by atoms with Crippen molar-refractivity contribution in [2.45, 2.75) is 25.7 Å². The van der Waals surface area contributed by atoms with Gasteiger partial charge in [-0.1, -0.05) is 6.07 Å². The lowest BCUT2D eigenvalue weighted by molar-refractivity contribution is -0.126. The first kappa shape index (κ1) is 18.5. The second kappa shape index (κ2) is 8.04. The third-order valence-corrected chi connectivity index (χ3v) is 6.07. The summed E-state index contributed by atoms with van der Waals surface area (Å²) in [7, 11) is 0. The highest BCUT2D eigenvalue weighted by Gasteiger charge is 2.31. The van der Waals surface area contributed by atoms with Gasteiger partial charge in [0.15, 0.2) is 0 Å². The van der Waals surface area contributed by atoms with Gasteiger partial charge in [0.2, 0.25) is 5.91 Å². The average molecular weight is 477 g/mol. The van der Waals surface area contributed by atoms with Gasteiger partial charge in [0.25, 0.3) is 5.91 Å². The number of carbonyl (C=O) groups is 2. The summed E-state index contributed by atoms with van der Waals surface area (Å²) in [4.78, 5) is 27.4. The van der Waals surface area contributed by atoms with Crippen molar-refractivity contribution >= 4 is 34.4 Å². The fourth-order valence-electron chi connectivity index (χ4n) is 3.66. The highest BCUT2D eigenvalue weighted by molar-refractivity contribution is 14.1. The van der Waals surface area contributed by atoms with Crippen LogP contribution in [-0.2, 0) is 4.79 Å². The van der Waals surface area contributed by atoms with Crippen LogP contribution in [-0.4, -0.2) is 40.9 Å². The normalized spacial score (nSPS) is 19.7. The average Bonchev–Trinajstić information content (AvgIpc) is 3.39. The van der Waals surface area contributed by atoms with Crippen LogP contribution in [0.4, 0.5) is 0 Å². The molecule has 1 unspecified atom stereocenters. The predicted octanol–water partition coefficient (Wildman–Crippen LogP) is 3.46. The van der Waals surface area contributed by atoms with Gasteiger partial charge >= 0.3 is 0 Å². The molecule has 27 heavy (non-hydrogen) atoms. The van der Waals surface area contributed by atoms with Gasteiger partial charge in [0.1, 0.15) is 5.69 Å². The summed E-state index contributed by atoms with van der Waals surface area (Å²) < 4.78 is 3.06. The van der Waals surface area contributed by atoms with E-state index in [9.17, 15) is 9.59 Å². The lowest BCUT2D eigenvalue weighted by Crippen LogP contribution is -2.46. The second-order valence-electron chi connectivity index (χ2n) is 7.52. The van der Waals surface area contributed by atoms with E-state index in [1.165, 1.54) is 12.8 Å². The number of benzene rings is 1. The number of hydrogen-bond donors (Lipinski definition) is 1. The van der Waals surface area contributed by atoms with E-state index in [1.807, 2.05) is 46.0 Å². The standard InChI is InChI=1S/C21H24IN3O2/c22-17-5-1-6-18(12-17)25-11-3-7-19(25)21(27)24-10-2-4-16(14-24)20(26)23-13-15-8-9-15/h1,3,5-7,11-12,15-16H,2,4,8-10,13-14H2,(H,23,26). The number of amides is 2. The van der Waals surface area contributed by atoms with E-state index in [0.717, 1.165) is 28.6 Å². The van der Waals surface area contributed by atoms with Crippen molar-refractivity contribution in [2.75, 3.05) is 19.6 Å². The van der Waals surface area contributed by atoms with Crippen molar-refractivity contribution in [1.82, 2.24) is 14.8 Å². The lowest BCUT2D eigenvalue weighted by Gasteiger charge is -2.32. The molecule has 1 aliphatic heterocycles. The molecule has 1 saturated carbocycles. The molecule has 0 bridgehead atoms. The van der Waals surface area contributed by atoms with Crippen LogP contribution >= 0.6 is 22.6 Å². The molecule has 1 aliphatic carbocycles. The first-order valence-corrected chi connectivity index (χ1v) is 10.7. The van der Waals surface area contributed by atoms with E-state index in [0.29, 0.717) is 24.7 Å². The number of likely N-dealkylation sites (tertiary alicyclic amines) is 1. The highest BCUT2D eigenvalue weighted by atomic mass is 127. The van der Waals surface area contributed by atoms with Crippen molar-refractivity contribution in [3.05, 3.63) is 51.9 Å². The molecule has 2 aromatic rings. The van der Waals surface area contributed by atoms with Crippen LogP contribution < -0.4 is 5.32 Å². The molecule has 2 aliphatic rings. The Hall–Kier alpha value is -1.83. The van der Waals surface area contributed by atoms with E-state index in [2.05, 4.69) is 34.0 Å². The molecule has 2 amide bonds. The number of halogens is 1. The topological polar surface area (TPSA) is 54.3 Å². The van der Waals surface area contributed by atoms with E-state index in [-0.39, 0.29) is 17.7 Å². The van der Waals surface area contributed by atoms with Crippen LogP contribution in [0.3, 0.4) is 0 Å². The number of hydrogen-bond acceptors (Lipinski definition) is 2. The molecule has 1 atom stereocenters. The summed E-state index contributed by atoms with van der Waals surface area (Å²) in [6, 6.07) is 11.8. The largest absolute Gasteiger partial charge is 0.356 e. The van der Waals surface area contributed by atoms with Crippen LogP contribution in [0.25, 0.3) is 5.69 Å². The third kappa shape index (κ3) is 4.36. The van der Waals surface area contributed by atoms with E-state index >= 15 is 0 Å². The molecule has 0 spiro atoms. The number of aromatic nitrogens is 1. The molecule has 2 fully saturated rings. The molecule has 0 radical (unpaired) electrons. The summed E-state index contributed by atoms with van der Waals surface area (Å²) in [5, 5.41) is 3.07. The molecule has 4 rings (SSSR count). The van der Waals surface area contributed by atoms with Crippen molar-refractivity contribution in [3.63, 3.8) is 0 Å². The van der Waals surface area contributed by atoms with Crippen molar-refractivity contribution in [2.24, 2.45) is 11.8 Å². The summed E-state index contributed by atoms with van der Waals surface area (Å²) >= 11 is 2.28. The van der Waals surface area contributed by atoms with Gasteiger partial charge in [0, 0.05) is 35.1 Å².